The summed E-state index contributed by atoms with van der Waals surface area (Å²) in [5.74, 6) is 0.332. The standard InChI is InChI=1S/C18H23N3O2/c1-2-23-18(22)16-13-21(12-14-8-4-3-5-9-14)20-17(16)19-15-10-6-7-11-15/h3-5,8-9,13,15H,2,6-7,10-12H2,1H3,(H,19,20). The Labute approximate surface area is 136 Å². The maximum absolute atomic E-state index is 12.2. The molecule has 0 spiro atoms. The summed E-state index contributed by atoms with van der Waals surface area (Å²) in [6.45, 7) is 2.82. The lowest BCUT2D eigenvalue weighted by molar-refractivity contribution is 0.0527. The van der Waals surface area contributed by atoms with Gasteiger partial charge in [0, 0.05) is 12.2 Å². The highest BCUT2D eigenvalue weighted by Gasteiger charge is 2.22. The molecule has 1 aliphatic carbocycles. The molecule has 3 rings (SSSR count). The second-order valence-electron chi connectivity index (χ2n) is 5.92. The van der Waals surface area contributed by atoms with Crippen molar-refractivity contribution < 1.29 is 9.53 Å². The van der Waals surface area contributed by atoms with E-state index >= 15 is 0 Å². The van der Waals surface area contributed by atoms with E-state index < -0.39 is 0 Å². The Kier molecular flexibility index (Phi) is 4.95. The Morgan fingerprint density at radius 3 is 2.74 bits per heavy atom. The molecule has 0 unspecified atom stereocenters. The van der Waals surface area contributed by atoms with Crippen LogP contribution in [0.4, 0.5) is 5.82 Å². The maximum atomic E-state index is 12.2. The first-order valence-corrected chi connectivity index (χ1v) is 8.31. The molecule has 1 aliphatic rings. The predicted molar refractivity (Wildman–Crippen MR) is 89.6 cm³/mol. The Bertz CT molecular complexity index is 646. The number of benzene rings is 1. The molecule has 23 heavy (non-hydrogen) atoms. The van der Waals surface area contributed by atoms with Crippen molar-refractivity contribution in [2.75, 3.05) is 11.9 Å². The van der Waals surface area contributed by atoms with E-state index in [-0.39, 0.29) is 5.97 Å². The molecule has 1 fully saturated rings. The van der Waals surface area contributed by atoms with Crippen molar-refractivity contribution in [3.63, 3.8) is 0 Å². The molecule has 5 nitrogen and oxygen atoms in total. The average molecular weight is 313 g/mol. The SMILES string of the molecule is CCOC(=O)c1cn(Cc2ccccc2)nc1NC1CCCC1. The highest BCUT2D eigenvalue weighted by Crippen LogP contribution is 2.24. The molecular weight excluding hydrogens is 290 g/mol. The molecule has 122 valence electrons. The summed E-state index contributed by atoms with van der Waals surface area (Å²) in [4.78, 5) is 12.2. The second kappa shape index (κ2) is 7.31. The Balaban J connectivity index is 1.81. The zero-order valence-corrected chi connectivity index (χ0v) is 13.5. The van der Waals surface area contributed by atoms with Crippen molar-refractivity contribution in [1.82, 2.24) is 9.78 Å². The lowest BCUT2D eigenvalue weighted by Gasteiger charge is -2.12. The van der Waals surface area contributed by atoms with Gasteiger partial charge in [-0.1, -0.05) is 43.2 Å². The predicted octanol–water partition coefficient (Wildman–Crippen LogP) is 3.46. The van der Waals surface area contributed by atoms with Crippen molar-refractivity contribution >= 4 is 11.8 Å². The second-order valence-corrected chi connectivity index (χ2v) is 5.92. The van der Waals surface area contributed by atoms with Gasteiger partial charge in [-0.3, -0.25) is 4.68 Å². The zero-order chi connectivity index (χ0) is 16.1. The average Bonchev–Trinajstić information content (AvgIpc) is 3.19. The minimum Gasteiger partial charge on any atom is -0.462 e. The van der Waals surface area contributed by atoms with Gasteiger partial charge in [0.15, 0.2) is 5.82 Å². The molecule has 1 heterocycles. The molecule has 0 aliphatic heterocycles. The smallest absolute Gasteiger partial charge is 0.343 e. The van der Waals surface area contributed by atoms with Gasteiger partial charge < -0.3 is 10.1 Å². The van der Waals surface area contributed by atoms with E-state index in [1.165, 1.54) is 12.8 Å². The number of carbonyl (C=O) groups excluding carboxylic acids is 1. The normalized spacial score (nSPS) is 14.8. The van der Waals surface area contributed by atoms with Gasteiger partial charge in [0.25, 0.3) is 0 Å². The molecule has 2 aromatic rings. The minimum absolute atomic E-state index is 0.313. The van der Waals surface area contributed by atoms with E-state index in [1.54, 1.807) is 10.9 Å². The highest BCUT2D eigenvalue weighted by molar-refractivity contribution is 5.94. The Morgan fingerprint density at radius 2 is 2.04 bits per heavy atom. The summed E-state index contributed by atoms with van der Waals surface area (Å²) in [7, 11) is 0. The number of ether oxygens (including phenoxy) is 1. The number of hydrogen-bond acceptors (Lipinski definition) is 4. The van der Waals surface area contributed by atoms with Gasteiger partial charge >= 0.3 is 5.97 Å². The van der Waals surface area contributed by atoms with Crippen LogP contribution in [0.5, 0.6) is 0 Å². The molecule has 0 bridgehead atoms. The summed E-state index contributed by atoms with van der Waals surface area (Å²) >= 11 is 0. The molecule has 1 saturated carbocycles. The molecule has 0 atom stereocenters. The minimum atomic E-state index is -0.313. The van der Waals surface area contributed by atoms with Crippen LogP contribution in [-0.4, -0.2) is 28.4 Å². The number of nitrogens with one attached hydrogen (secondary N) is 1. The number of esters is 1. The Hall–Kier alpha value is -2.30. The summed E-state index contributed by atoms with van der Waals surface area (Å²) in [5.41, 5.74) is 1.67. The van der Waals surface area contributed by atoms with Crippen LogP contribution in [-0.2, 0) is 11.3 Å². The van der Waals surface area contributed by atoms with E-state index in [2.05, 4.69) is 22.5 Å². The monoisotopic (exact) mass is 313 g/mol. The number of aromatic nitrogens is 2. The van der Waals surface area contributed by atoms with E-state index in [4.69, 9.17) is 4.74 Å². The summed E-state index contributed by atoms with van der Waals surface area (Å²) in [6, 6.07) is 10.5. The van der Waals surface area contributed by atoms with Gasteiger partial charge in [-0.25, -0.2) is 4.79 Å². The molecule has 1 N–H and O–H groups in total. The first kappa shape index (κ1) is 15.6. The summed E-state index contributed by atoms with van der Waals surface area (Å²) in [5, 5.41) is 8.00. The van der Waals surface area contributed by atoms with Crippen molar-refractivity contribution in [1.29, 1.82) is 0 Å². The molecule has 1 aromatic carbocycles. The van der Waals surface area contributed by atoms with E-state index in [0.29, 0.717) is 30.6 Å². The molecule has 0 radical (unpaired) electrons. The van der Waals surface area contributed by atoms with Crippen molar-refractivity contribution in [2.24, 2.45) is 0 Å². The quantitative estimate of drug-likeness (QED) is 0.830. The fourth-order valence-electron chi connectivity index (χ4n) is 3.00. The highest BCUT2D eigenvalue weighted by atomic mass is 16.5. The van der Waals surface area contributed by atoms with Crippen LogP contribution in [0.1, 0.15) is 48.5 Å². The van der Waals surface area contributed by atoms with Crippen molar-refractivity contribution in [2.45, 2.75) is 45.2 Å². The molecule has 1 aromatic heterocycles. The number of nitrogens with zero attached hydrogens (tertiary/aromatic N) is 2. The van der Waals surface area contributed by atoms with Crippen LogP contribution in [0.15, 0.2) is 36.5 Å². The van der Waals surface area contributed by atoms with Crippen LogP contribution in [0.2, 0.25) is 0 Å². The van der Waals surface area contributed by atoms with Crippen LogP contribution in [0.3, 0.4) is 0 Å². The number of rotatable bonds is 6. The van der Waals surface area contributed by atoms with Crippen LogP contribution >= 0.6 is 0 Å². The summed E-state index contributed by atoms with van der Waals surface area (Å²) in [6.07, 6.45) is 6.51. The molecule has 0 saturated heterocycles. The lowest BCUT2D eigenvalue weighted by atomic mass is 10.2. The van der Waals surface area contributed by atoms with Crippen molar-refractivity contribution in [3.8, 4) is 0 Å². The molecule has 5 heteroatoms. The number of carbonyl (C=O) groups is 1. The Morgan fingerprint density at radius 1 is 1.30 bits per heavy atom. The number of anilines is 1. The molecular formula is C18H23N3O2. The largest absolute Gasteiger partial charge is 0.462 e. The third kappa shape index (κ3) is 3.92. The fraction of sp³-hybridized carbons (Fsp3) is 0.444. The third-order valence-electron chi connectivity index (χ3n) is 4.14. The van der Waals surface area contributed by atoms with E-state index in [0.717, 1.165) is 18.4 Å². The van der Waals surface area contributed by atoms with E-state index in [1.807, 2.05) is 25.1 Å². The van der Waals surface area contributed by atoms with Crippen LogP contribution < -0.4 is 5.32 Å². The lowest BCUT2D eigenvalue weighted by Crippen LogP contribution is -2.17. The van der Waals surface area contributed by atoms with Gasteiger partial charge in [-0.15, -0.1) is 0 Å². The topological polar surface area (TPSA) is 56.2 Å². The molecule has 0 amide bonds. The van der Waals surface area contributed by atoms with Crippen LogP contribution in [0.25, 0.3) is 0 Å². The maximum Gasteiger partial charge on any atom is 0.343 e. The van der Waals surface area contributed by atoms with Gasteiger partial charge in [0.1, 0.15) is 5.56 Å². The van der Waals surface area contributed by atoms with Gasteiger partial charge in [0.2, 0.25) is 0 Å². The summed E-state index contributed by atoms with van der Waals surface area (Å²) < 4.78 is 6.97. The van der Waals surface area contributed by atoms with Crippen molar-refractivity contribution in [3.05, 3.63) is 47.7 Å². The van der Waals surface area contributed by atoms with E-state index in [9.17, 15) is 4.79 Å². The third-order valence-corrected chi connectivity index (χ3v) is 4.14. The number of hydrogen-bond donors (Lipinski definition) is 1. The van der Waals surface area contributed by atoms with Gasteiger partial charge in [-0.05, 0) is 25.3 Å². The van der Waals surface area contributed by atoms with Crippen LogP contribution in [0, 0.1) is 0 Å². The fourth-order valence-corrected chi connectivity index (χ4v) is 3.00. The first-order valence-electron chi connectivity index (χ1n) is 8.31. The van der Waals surface area contributed by atoms with Gasteiger partial charge in [0.05, 0.1) is 13.2 Å². The van der Waals surface area contributed by atoms with Gasteiger partial charge in [-0.2, -0.15) is 5.10 Å². The zero-order valence-electron chi connectivity index (χ0n) is 13.5. The first-order chi connectivity index (χ1) is 11.3.